The first-order chi connectivity index (χ1) is 8.24. The van der Waals surface area contributed by atoms with Crippen molar-refractivity contribution < 1.29 is 14.6 Å². The molecule has 1 N–H and O–H groups in total. The molecule has 17 heavy (non-hydrogen) atoms. The van der Waals surface area contributed by atoms with Gasteiger partial charge in [0.2, 0.25) is 0 Å². The van der Waals surface area contributed by atoms with E-state index in [1.165, 1.54) is 44.9 Å². The highest BCUT2D eigenvalue weighted by Crippen LogP contribution is 2.20. The zero-order chi connectivity index (χ0) is 12.5. The van der Waals surface area contributed by atoms with Crippen LogP contribution in [-0.2, 0) is 9.53 Å². The van der Waals surface area contributed by atoms with Crippen LogP contribution in [0.3, 0.4) is 0 Å². The fraction of sp³-hybridized carbons (Fsp3) is 0.929. The number of carbonyl (C=O) groups excluding carboxylic acids is 1. The molecular weight excluding hydrogens is 216 g/mol. The van der Waals surface area contributed by atoms with Crippen LogP contribution in [0.4, 0.5) is 0 Å². The van der Waals surface area contributed by atoms with Crippen molar-refractivity contribution in [2.24, 2.45) is 0 Å². The van der Waals surface area contributed by atoms with Crippen molar-refractivity contribution in [1.29, 1.82) is 0 Å². The minimum Gasteiger partial charge on any atom is -0.460 e. The number of hydrogen-bond donors (Lipinski definition) is 1. The number of ether oxygens (including phenoxy) is 1. The van der Waals surface area contributed by atoms with Crippen LogP contribution in [-0.4, -0.2) is 23.3 Å². The molecular formula is C14H26O3. The quantitative estimate of drug-likeness (QED) is 0.499. The summed E-state index contributed by atoms with van der Waals surface area (Å²) in [7, 11) is 0. The third-order valence-corrected chi connectivity index (χ3v) is 3.42. The minimum atomic E-state index is -0.867. The molecule has 0 saturated carbocycles. The van der Waals surface area contributed by atoms with E-state index in [-0.39, 0.29) is 6.10 Å². The van der Waals surface area contributed by atoms with Crippen molar-refractivity contribution in [2.75, 3.05) is 0 Å². The number of unbranched alkanes of at least 4 members (excludes halogenated alkanes) is 7. The smallest absolute Gasteiger partial charge is 0.335 e. The van der Waals surface area contributed by atoms with E-state index in [0.29, 0.717) is 6.42 Å². The first-order valence-electron chi connectivity index (χ1n) is 7.12. The highest BCUT2D eigenvalue weighted by molar-refractivity contribution is 5.76. The first-order valence-corrected chi connectivity index (χ1v) is 7.12. The standard InChI is InChI=1S/C14H26O3/c1-2-3-4-5-6-7-8-9-10-12-11-13(15)14(16)17-12/h12-13,15H,2-11H2,1H3. The van der Waals surface area contributed by atoms with Crippen molar-refractivity contribution in [1.82, 2.24) is 0 Å². The minimum absolute atomic E-state index is 0.0300. The van der Waals surface area contributed by atoms with Gasteiger partial charge >= 0.3 is 5.97 Å². The third kappa shape index (κ3) is 6.06. The summed E-state index contributed by atoms with van der Waals surface area (Å²) in [5, 5.41) is 9.22. The Bertz CT molecular complexity index is 216. The molecule has 1 fully saturated rings. The number of carbonyl (C=O) groups is 1. The topological polar surface area (TPSA) is 46.5 Å². The first kappa shape index (κ1) is 14.5. The lowest BCUT2D eigenvalue weighted by Crippen LogP contribution is -2.11. The van der Waals surface area contributed by atoms with Gasteiger partial charge in [0, 0.05) is 6.42 Å². The summed E-state index contributed by atoms with van der Waals surface area (Å²) in [6.45, 7) is 2.23. The molecule has 3 nitrogen and oxygen atoms in total. The van der Waals surface area contributed by atoms with E-state index in [1.54, 1.807) is 0 Å². The number of rotatable bonds is 9. The average Bonchev–Trinajstić information content (AvgIpc) is 2.62. The molecule has 3 heteroatoms. The Morgan fingerprint density at radius 1 is 1.12 bits per heavy atom. The maximum Gasteiger partial charge on any atom is 0.335 e. The summed E-state index contributed by atoms with van der Waals surface area (Å²) in [6.07, 6.45) is 10.8. The van der Waals surface area contributed by atoms with Crippen molar-refractivity contribution in [2.45, 2.75) is 83.3 Å². The molecule has 1 heterocycles. The van der Waals surface area contributed by atoms with Crippen molar-refractivity contribution in [3.63, 3.8) is 0 Å². The van der Waals surface area contributed by atoms with Gasteiger partial charge in [0.05, 0.1) is 0 Å². The summed E-state index contributed by atoms with van der Waals surface area (Å²) in [5.41, 5.74) is 0. The van der Waals surface area contributed by atoms with Crippen molar-refractivity contribution in [3.8, 4) is 0 Å². The fourth-order valence-electron chi connectivity index (χ4n) is 2.32. The van der Waals surface area contributed by atoms with Gasteiger partial charge in [-0.05, 0) is 12.8 Å². The largest absolute Gasteiger partial charge is 0.460 e. The van der Waals surface area contributed by atoms with Crippen LogP contribution in [0.1, 0.15) is 71.1 Å². The Balaban J connectivity index is 1.86. The van der Waals surface area contributed by atoms with E-state index >= 15 is 0 Å². The summed E-state index contributed by atoms with van der Waals surface area (Å²) in [5.74, 6) is -0.436. The number of cyclic esters (lactones) is 1. The number of esters is 1. The van der Waals surface area contributed by atoms with Crippen LogP contribution in [0.2, 0.25) is 0 Å². The number of hydrogen-bond acceptors (Lipinski definition) is 3. The lowest BCUT2D eigenvalue weighted by Gasteiger charge is -2.07. The molecule has 0 radical (unpaired) electrons. The van der Waals surface area contributed by atoms with Crippen LogP contribution < -0.4 is 0 Å². The normalized spacial score (nSPS) is 24.0. The van der Waals surface area contributed by atoms with Crippen LogP contribution in [0.15, 0.2) is 0 Å². The van der Waals surface area contributed by atoms with Crippen LogP contribution >= 0.6 is 0 Å². The van der Waals surface area contributed by atoms with E-state index in [2.05, 4.69) is 6.92 Å². The number of aliphatic hydroxyl groups excluding tert-OH is 1. The van der Waals surface area contributed by atoms with Gasteiger partial charge in [-0.1, -0.05) is 51.9 Å². The predicted molar refractivity (Wildman–Crippen MR) is 67.7 cm³/mol. The molecule has 0 aromatic heterocycles. The van der Waals surface area contributed by atoms with Crippen molar-refractivity contribution >= 4 is 5.97 Å². The second kappa shape index (κ2) is 8.51. The van der Waals surface area contributed by atoms with E-state index < -0.39 is 12.1 Å². The summed E-state index contributed by atoms with van der Waals surface area (Å²) in [4.78, 5) is 10.9. The van der Waals surface area contributed by atoms with Gasteiger partial charge < -0.3 is 9.84 Å². The summed E-state index contributed by atoms with van der Waals surface area (Å²) in [6, 6.07) is 0. The van der Waals surface area contributed by atoms with Crippen LogP contribution in [0.25, 0.3) is 0 Å². The molecule has 0 aliphatic carbocycles. The molecule has 0 aromatic carbocycles. The van der Waals surface area contributed by atoms with Gasteiger partial charge in [-0.3, -0.25) is 0 Å². The van der Waals surface area contributed by atoms with Gasteiger partial charge in [0.15, 0.2) is 6.10 Å². The molecule has 0 aromatic rings. The maximum atomic E-state index is 10.9. The molecule has 0 bridgehead atoms. The molecule has 0 amide bonds. The monoisotopic (exact) mass is 242 g/mol. The molecule has 1 aliphatic heterocycles. The zero-order valence-corrected chi connectivity index (χ0v) is 11.0. The predicted octanol–water partition coefficient (Wildman–Crippen LogP) is 3.19. The van der Waals surface area contributed by atoms with E-state index in [4.69, 9.17) is 4.74 Å². The SMILES string of the molecule is CCCCCCCCCCC1CC(O)C(=O)O1. The Morgan fingerprint density at radius 3 is 2.24 bits per heavy atom. The molecule has 2 unspecified atom stereocenters. The fourth-order valence-corrected chi connectivity index (χ4v) is 2.32. The second-order valence-electron chi connectivity index (χ2n) is 5.07. The van der Waals surface area contributed by atoms with Crippen molar-refractivity contribution in [3.05, 3.63) is 0 Å². The Hall–Kier alpha value is -0.570. The molecule has 2 atom stereocenters. The lowest BCUT2D eigenvalue weighted by molar-refractivity contribution is -0.147. The lowest BCUT2D eigenvalue weighted by atomic mass is 10.0. The van der Waals surface area contributed by atoms with Crippen LogP contribution in [0, 0.1) is 0 Å². The van der Waals surface area contributed by atoms with E-state index in [9.17, 15) is 9.90 Å². The highest BCUT2D eigenvalue weighted by Gasteiger charge is 2.31. The molecule has 100 valence electrons. The number of aliphatic hydroxyl groups is 1. The van der Waals surface area contributed by atoms with Gasteiger partial charge in [0.25, 0.3) is 0 Å². The third-order valence-electron chi connectivity index (χ3n) is 3.42. The van der Waals surface area contributed by atoms with Gasteiger partial charge in [-0.2, -0.15) is 0 Å². The summed E-state index contributed by atoms with van der Waals surface area (Å²) >= 11 is 0. The summed E-state index contributed by atoms with van der Waals surface area (Å²) < 4.78 is 5.04. The second-order valence-corrected chi connectivity index (χ2v) is 5.07. The molecule has 1 rings (SSSR count). The zero-order valence-electron chi connectivity index (χ0n) is 11.0. The maximum absolute atomic E-state index is 10.9. The molecule has 1 saturated heterocycles. The van der Waals surface area contributed by atoms with Crippen LogP contribution in [0.5, 0.6) is 0 Å². The molecule has 0 spiro atoms. The van der Waals surface area contributed by atoms with Gasteiger partial charge in [0.1, 0.15) is 6.10 Å². The Morgan fingerprint density at radius 2 is 1.71 bits per heavy atom. The van der Waals surface area contributed by atoms with E-state index in [0.717, 1.165) is 12.8 Å². The van der Waals surface area contributed by atoms with E-state index in [1.807, 2.05) is 0 Å². The average molecular weight is 242 g/mol. The molecule has 1 aliphatic rings. The van der Waals surface area contributed by atoms with Gasteiger partial charge in [-0.25, -0.2) is 4.79 Å². The van der Waals surface area contributed by atoms with Gasteiger partial charge in [-0.15, -0.1) is 0 Å². The Kier molecular flexibility index (Phi) is 7.25. The highest BCUT2D eigenvalue weighted by atomic mass is 16.6. The Labute approximate surface area is 105 Å².